The molecule has 2 aromatic heterocycles. The Balaban J connectivity index is 2.26. The number of unbranched alkanes of at least 4 members (excludes halogenated alkanes) is 7. The van der Waals surface area contributed by atoms with Crippen molar-refractivity contribution in [1.29, 1.82) is 0 Å². The summed E-state index contributed by atoms with van der Waals surface area (Å²) in [6.45, 7) is 11.6. The monoisotopic (exact) mass is 1150 g/mol. The molecular formula is C56H98N16O10. The zero-order valence-electron chi connectivity index (χ0n) is 49.1. The van der Waals surface area contributed by atoms with E-state index in [1.54, 1.807) is 25.6 Å². The van der Waals surface area contributed by atoms with Crippen LogP contribution < -0.4 is 64.2 Å². The van der Waals surface area contributed by atoms with E-state index < -0.39 is 103 Å². The first kappa shape index (κ1) is 71.5. The number of amides is 8. The summed E-state index contributed by atoms with van der Waals surface area (Å²) in [6, 6.07) is -2.07. The second-order valence-corrected chi connectivity index (χ2v) is 20.7. The number of primary amides is 1. The van der Waals surface area contributed by atoms with Crippen LogP contribution >= 0.6 is 0 Å². The van der Waals surface area contributed by atoms with Crippen LogP contribution in [0.1, 0.15) is 148 Å². The van der Waals surface area contributed by atoms with Gasteiger partial charge in [0.15, 0.2) is 5.78 Å². The van der Waals surface area contributed by atoms with Gasteiger partial charge in [0.05, 0.1) is 49.2 Å². The van der Waals surface area contributed by atoms with Crippen molar-refractivity contribution in [3.05, 3.63) is 36.4 Å². The Kier molecular flexibility index (Phi) is 39.2. The van der Waals surface area contributed by atoms with Crippen LogP contribution in [0.3, 0.4) is 0 Å². The fraction of sp³-hybridized carbons (Fsp3) is 0.714. The number of ketones is 2. The van der Waals surface area contributed by atoms with Crippen molar-refractivity contribution in [1.82, 2.24) is 78.4 Å². The van der Waals surface area contributed by atoms with Gasteiger partial charge in [-0.25, -0.2) is 9.97 Å². The largest absolute Gasteiger partial charge is 0.368 e. The van der Waals surface area contributed by atoms with Gasteiger partial charge >= 0.3 is 0 Å². The SMILES string of the molecule is CCCCCCNC(=O)CC(NC(=O)CC(CC)C(=O)NCCCCCC)C(=O)CC(CC(=O)CC(CC(=O)NCCNCCNC(Cc1cnc[nH]1)NC=O)C(=O)NCCCC)C(=O)NCCNCCNC(Cc1cnc[nH]1)C(N)=O. The lowest BCUT2D eigenvalue weighted by molar-refractivity contribution is -0.136. The van der Waals surface area contributed by atoms with Crippen LogP contribution in [0.2, 0.25) is 0 Å². The first-order valence-corrected chi connectivity index (χ1v) is 29.7. The summed E-state index contributed by atoms with van der Waals surface area (Å²) in [6.07, 6.45) is 14.0. The fourth-order valence-corrected chi connectivity index (χ4v) is 8.86. The van der Waals surface area contributed by atoms with E-state index in [-0.39, 0.29) is 44.5 Å². The maximum atomic E-state index is 14.4. The topological polar surface area (TPSA) is 386 Å². The zero-order chi connectivity index (χ0) is 60.2. The molecule has 6 unspecified atom stereocenters. The number of carbonyl (C=O) groups excluding carboxylic acids is 10. The van der Waals surface area contributed by atoms with Crippen molar-refractivity contribution in [2.75, 3.05) is 72.0 Å². The van der Waals surface area contributed by atoms with Crippen LogP contribution in [0, 0.1) is 17.8 Å². The summed E-state index contributed by atoms with van der Waals surface area (Å²) in [4.78, 5) is 147. The number of rotatable bonds is 52. The highest BCUT2D eigenvalue weighted by molar-refractivity contribution is 5.98. The van der Waals surface area contributed by atoms with Crippen LogP contribution in [0.25, 0.3) is 0 Å². The summed E-state index contributed by atoms with van der Waals surface area (Å²) in [5, 5.41) is 32.2. The fourth-order valence-electron chi connectivity index (χ4n) is 8.86. The van der Waals surface area contributed by atoms with Crippen molar-refractivity contribution in [3.63, 3.8) is 0 Å². The van der Waals surface area contributed by atoms with Crippen LogP contribution in [0.5, 0.6) is 0 Å². The second-order valence-electron chi connectivity index (χ2n) is 20.7. The van der Waals surface area contributed by atoms with E-state index in [2.05, 4.69) is 92.3 Å². The summed E-state index contributed by atoms with van der Waals surface area (Å²) in [5.41, 5.74) is 7.17. The first-order chi connectivity index (χ1) is 39.6. The molecule has 2 heterocycles. The lowest BCUT2D eigenvalue weighted by Crippen LogP contribution is -2.47. The molecule has 2 rings (SSSR count). The number of carbonyl (C=O) groups is 10. The van der Waals surface area contributed by atoms with E-state index in [0.717, 1.165) is 62.8 Å². The van der Waals surface area contributed by atoms with Crippen molar-refractivity contribution >= 4 is 59.3 Å². The molecule has 0 aromatic carbocycles. The van der Waals surface area contributed by atoms with E-state index >= 15 is 0 Å². The number of hydrogen-bond acceptors (Lipinski definition) is 16. The molecule has 0 bridgehead atoms. The molecule has 82 heavy (non-hydrogen) atoms. The third-order valence-electron chi connectivity index (χ3n) is 13.7. The highest BCUT2D eigenvalue weighted by atomic mass is 16.2. The highest BCUT2D eigenvalue weighted by Crippen LogP contribution is 2.19. The maximum absolute atomic E-state index is 14.4. The Bertz CT molecular complexity index is 2150. The molecule has 0 aliphatic rings. The Labute approximate surface area is 484 Å². The number of nitrogens with zero attached hydrogens (tertiary/aromatic N) is 2. The molecule has 8 amide bonds. The number of aromatic amines is 2. The predicted octanol–water partition coefficient (Wildman–Crippen LogP) is -0.0337. The standard InChI is InChI=1S/C56H98N16O10/c1-5-9-12-14-17-64-51(77)34-46(72-52(78)30-40(8-4)54(80)67-18-15-13-10-6-2)48(75)29-41(55(81)68-26-22-58-19-23-62-47(53(57)79)32-43-35-60-37-69-43)27-45(74)28-42(56(82)66-16-11-7-3)31-50(76)65-25-21-59-20-24-63-49(71-39-73)33-44-36-61-38-70-44/h35-42,46-47,49,58-59,62-63H,5-34H2,1-4H3,(H2,57,79)(H,60,69)(H,61,70)(H,64,77)(H,65,76)(H,66,82)(H,67,80)(H,68,81)(H,71,73)(H,72,78). The van der Waals surface area contributed by atoms with Crippen molar-refractivity contribution in [3.8, 4) is 0 Å². The molecule has 0 saturated carbocycles. The van der Waals surface area contributed by atoms with Gasteiger partial charge in [-0.15, -0.1) is 0 Å². The molecule has 462 valence electrons. The van der Waals surface area contributed by atoms with Crippen LogP contribution in [-0.2, 0) is 60.8 Å². The Morgan fingerprint density at radius 3 is 1.55 bits per heavy atom. The molecule has 0 radical (unpaired) electrons. The molecule has 0 aliphatic carbocycles. The molecule has 0 aliphatic heterocycles. The molecule has 15 N–H and O–H groups in total. The van der Waals surface area contributed by atoms with E-state index in [9.17, 15) is 47.9 Å². The van der Waals surface area contributed by atoms with Crippen molar-refractivity contribution in [2.45, 2.75) is 168 Å². The summed E-state index contributed by atoms with van der Waals surface area (Å²) >= 11 is 0. The molecule has 6 atom stereocenters. The average molecular weight is 1160 g/mol. The normalized spacial score (nSPS) is 13.3. The Morgan fingerprint density at radius 1 is 0.500 bits per heavy atom. The minimum Gasteiger partial charge on any atom is -0.368 e. The lowest BCUT2D eigenvalue weighted by Gasteiger charge is -2.23. The molecule has 2 aromatic rings. The smallest absolute Gasteiger partial charge is 0.234 e. The van der Waals surface area contributed by atoms with Gasteiger partial charge in [0.25, 0.3) is 0 Å². The average Bonchev–Trinajstić information content (AvgIpc) is 4.22. The number of Topliss-reactive ketones (excluding diaryl/α,β-unsaturated/α-hetero) is 2. The number of hydrogen-bond donors (Lipinski definition) is 14. The third kappa shape index (κ3) is 33.3. The van der Waals surface area contributed by atoms with Gasteiger partial charge in [0.1, 0.15) is 5.78 Å². The van der Waals surface area contributed by atoms with Gasteiger partial charge in [0, 0.05) is 147 Å². The zero-order valence-corrected chi connectivity index (χ0v) is 49.1. The minimum atomic E-state index is -1.41. The van der Waals surface area contributed by atoms with Crippen LogP contribution in [0.4, 0.5) is 0 Å². The van der Waals surface area contributed by atoms with E-state index in [0.29, 0.717) is 90.9 Å². The number of aromatic nitrogens is 4. The van der Waals surface area contributed by atoms with E-state index in [4.69, 9.17) is 5.73 Å². The number of nitrogens with one attached hydrogen (secondary N) is 13. The number of nitrogens with two attached hydrogens (primary N) is 1. The second kappa shape index (κ2) is 44.9. The minimum absolute atomic E-state index is 0.0582. The molecule has 0 spiro atoms. The predicted molar refractivity (Wildman–Crippen MR) is 311 cm³/mol. The van der Waals surface area contributed by atoms with Crippen molar-refractivity contribution < 1.29 is 47.9 Å². The molecular weight excluding hydrogens is 1060 g/mol. The maximum Gasteiger partial charge on any atom is 0.234 e. The molecule has 0 saturated heterocycles. The first-order valence-electron chi connectivity index (χ1n) is 29.7. The number of imidazole rings is 2. The quantitative estimate of drug-likeness (QED) is 0.0235. The van der Waals surface area contributed by atoms with Crippen LogP contribution in [0.15, 0.2) is 25.0 Å². The van der Waals surface area contributed by atoms with Gasteiger partial charge in [-0.05, 0) is 25.7 Å². The van der Waals surface area contributed by atoms with E-state index in [1.165, 1.54) is 6.33 Å². The lowest BCUT2D eigenvalue weighted by atomic mass is 9.88. The molecule has 26 heteroatoms. The molecule has 26 nitrogen and oxygen atoms in total. The van der Waals surface area contributed by atoms with Gasteiger partial charge in [-0.1, -0.05) is 72.6 Å². The van der Waals surface area contributed by atoms with Crippen molar-refractivity contribution in [2.24, 2.45) is 23.5 Å². The van der Waals surface area contributed by atoms with Gasteiger partial charge < -0.3 is 68.9 Å². The van der Waals surface area contributed by atoms with Gasteiger partial charge in [-0.3, -0.25) is 53.3 Å². The summed E-state index contributed by atoms with van der Waals surface area (Å²) in [5.74, 6) is -8.03. The summed E-state index contributed by atoms with van der Waals surface area (Å²) < 4.78 is 0. The third-order valence-corrected chi connectivity index (χ3v) is 13.7. The highest BCUT2D eigenvalue weighted by Gasteiger charge is 2.33. The summed E-state index contributed by atoms with van der Waals surface area (Å²) in [7, 11) is 0. The van der Waals surface area contributed by atoms with Crippen LogP contribution in [-0.4, -0.2) is 170 Å². The van der Waals surface area contributed by atoms with Gasteiger partial charge in [-0.2, -0.15) is 0 Å². The van der Waals surface area contributed by atoms with Gasteiger partial charge in [0.2, 0.25) is 47.8 Å². The van der Waals surface area contributed by atoms with E-state index in [1.807, 2.05) is 6.92 Å². The Morgan fingerprint density at radius 2 is 0.988 bits per heavy atom. The Hall–Kier alpha value is -6.64. The molecule has 0 fully saturated rings. The number of H-pyrrole nitrogens is 2.